The average molecular weight is 986 g/mol. The van der Waals surface area contributed by atoms with Crippen LogP contribution >= 0.6 is 0 Å². The predicted octanol–water partition coefficient (Wildman–Crippen LogP) is 19.9. The van der Waals surface area contributed by atoms with Gasteiger partial charge in [-0.2, -0.15) is 0 Å². The van der Waals surface area contributed by atoms with Crippen LogP contribution in [0.15, 0.2) is 109 Å². The third-order valence-corrected chi connectivity index (χ3v) is 12.3. The second-order valence-electron chi connectivity index (χ2n) is 19.1. The van der Waals surface area contributed by atoms with Gasteiger partial charge in [0, 0.05) is 19.3 Å². The highest BCUT2D eigenvalue weighted by atomic mass is 16.6. The molecule has 0 aliphatic carbocycles. The minimum atomic E-state index is -0.808. The third-order valence-electron chi connectivity index (χ3n) is 12.3. The van der Waals surface area contributed by atoms with Crippen LogP contribution < -0.4 is 0 Å². The number of ether oxygens (including phenoxy) is 3. The molecule has 404 valence electrons. The molecule has 0 fully saturated rings. The van der Waals surface area contributed by atoms with E-state index in [0.717, 1.165) is 103 Å². The van der Waals surface area contributed by atoms with Crippen LogP contribution in [0.1, 0.15) is 265 Å². The first-order valence-electron chi connectivity index (χ1n) is 29.4. The molecule has 1 atom stereocenters. The molecule has 0 N–H and O–H groups in total. The number of carbonyl (C=O) groups excluding carboxylic acids is 3. The molecule has 0 aliphatic heterocycles. The maximum absolute atomic E-state index is 12.8. The third kappa shape index (κ3) is 56.9. The van der Waals surface area contributed by atoms with Crippen LogP contribution in [-0.2, 0) is 28.6 Å². The van der Waals surface area contributed by atoms with E-state index < -0.39 is 6.10 Å². The standard InChI is InChI=1S/C65H108O6/c1-4-7-10-13-16-19-22-24-26-28-29-30-31-32-33-34-35-37-38-40-43-46-49-52-55-58-64(67)70-61-62(60-69-63(66)57-54-51-48-45-42-21-18-15-12-9-6-3)71-65(68)59-56-53-50-47-44-41-39-36-27-25-23-20-17-14-11-8-5-2/h7-8,10-11,16-17,19-20,24-27,29-30,39,41,47,50,62H,4-6,9,12-15,18,21-23,28,31-38,40,42-46,48-49,51-61H2,1-3H3/b10-7-,11-8-,19-16-,20-17-,26-24-,27-25-,30-29-,41-39-,50-47-. The molecule has 0 aromatic heterocycles. The van der Waals surface area contributed by atoms with Crippen molar-refractivity contribution in [1.82, 2.24) is 0 Å². The monoisotopic (exact) mass is 985 g/mol. The molecule has 0 saturated carbocycles. The van der Waals surface area contributed by atoms with Crippen LogP contribution in [0.5, 0.6) is 0 Å². The summed E-state index contributed by atoms with van der Waals surface area (Å²) in [4.78, 5) is 38.1. The van der Waals surface area contributed by atoms with E-state index in [-0.39, 0.29) is 37.5 Å². The molecule has 0 aromatic carbocycles. The Kier molecular flexibility index (Phi) is 55.4. The smallest absolute Gasteiger partial charge is 0.306 e. The molecule has 71 heavy (non-hydrogen) atoms. The average Bonchev–Trinajstić information content (AvgIpc) is 3.37. The van der Waals surface area contributed by atoms with Gasteiger partial charge in [0.2, 0.25) is 0 Å². The fourth-order valence-corrected chi connectivity index (χ4v) is 7.94. The van der Waals surface area contributed by atoms with Gasteiger partial charge in [-0.25, -0.2) is 0 Å². The Morgan fingerprint density at radius 2 is 0.563 bits per heavy atom. The maximum Gasteiger partial charge on any atom is 0.306 e. The number of rotatable bonds is 52. The Balaban J connectivity index is 4.35. The molecule has 0 bridgehead atoms. The van der Waals surface area contributed by atoms with E-state index in [1.807, 2.05) is 0 Å². The lowest BCUT2D eigenvalue weighted by atomic mass is 10.0. The van der Waals surface area contributed by atoms with Crippen molar-refractivity contribution in [3.8, 4) is 0 Å². The number of hydrogen-bond donors (Lipinski definition) is 0. The lowest BCUT2D eigenvalue weighted by Crippen LogP contribution is -2.30. The Morgan fingerprint density at radius 1 is 0.296 bits per heavy atom. The van der Waals surface area contributed by atoms with Gasteiger partial charge in [0.1, 0.15) is 13.2 Å². The predicted molar refractivity (Wildman–Crippen MR) is 307 cm³/mol. The van der Waals surface area contributed by atoms with Gasteiger partial charge in [-0.1, -0.05) is 259 Å². The number of unbranched alkanes of at least 4 members (excludes halogenated alkanes) is 23. The quantitative estimate of drug-likeness (QED) is 0.0261. The summed E-state index contributed by atoms with van der Waals surface area (Å²) >= 11 is 0. The molecule has 6 nitrogen and oxygen atoms in total. The molecule has 6 heteroatoms. The summed E-state index contributed by atoms with van der Waals surface area (Å²) < 4.78 is 16.8. The minimum Gasteiger partial charge on any atom is -0.462 e. The van der Waals surface area contributed by atoms with Crippen LogP contribution in [0.4, 0.5) is 0 Å². The summed E-state index contributed by atoms with van der Waals surface area (Å²) in [6.45, 7) is 6.36. The van der Waals surface area contributed by atoms with Gasteiger partial charge < -0.3 is 14.2 Å². The fraction of sp³-hybridized carbons (Fsp3) is 0.677. The zero-order valence-corrected chi connectivity index (χ0v) is 46.2. The zero-order valence-electron chi connectivity index (χ0n) is 46.2. The van der Waals surface area contributed by atoms with Crippen molar-refractivity contribution in [2.24, 2.45) is 0 Å². The molecule has 0 rings (SSSR count). The van der Waals surface area contributed by atoms with Crippen LogP contribution in [0.3, 0.4) is 0 Å². The van der Waals surface area contributed by atoms with E-state index in [0.29, 0.717) is 19.3 Å². The van der Waals surface area contributed by atoms with E-state index in [2.05, 4.69) is 130 Å². The van der Waals surface area contributed by atoms with E-state index in [1.165, 1.54) is 116 Å². The summed E-state index contributed by atoms with van der Waals surface area (Å²) in [6, 6.07) is 0. The highest BCUT2D eigenvalue weighted by Gasteiger charge is 2.19. The molecule has 0 saturated heterocycles. The Hall–Kier alpha value is -3.93. The summed E-state index contributed by atoms with van der Waals surface area (Å²) in [5, 5.41) is 0. The van der Waals surface area contributed by atoms with E-state index in [9.17, 15) is 14.4 Å². The summed E-state index contributed by atoms with van der Waals surface area (Å²) in [7, 11) is 0. The van der Waals surface area contributed by atoms with Crippen LogP contribution in [0, 0.1) is 0 Å². The molecule has 0 radical (unpaired) electrons. The Labute approximate surface area is 438 Å². The first-order chi connectivity index (χ1) is 35.0. The SMILES string of the molecule is CC/C=C\C/C=C\C/C=C\C/C=C\C/C=C\CCCC(=O)OC(COC(=O)CCCCCCCCCCCCC)COC(=O)CCCCCCCCCCCCCC/C=C\C/C=C\C/C=C\C/C=C\CC. The Morgan fingerprint density at radius 3 is 0.901 bits per heavy atom. The fourth-order valence-electron chi connectivity index (χ4n) is 7.94. The number of allylic oxidation sites excluding steroid dienone is 18. The first-order valence-corrected chi connectivity index (χ1v) is 29.4. The molecular formula is C65H108O6. The summed E-state index contributed by atoms with van der Waals surface area (Å²) in [6.07, 6.45) is 79.5. The summed E-state index contributed by atoms with van der Waals surface area (Å²) in [5.41, 5.74) is 0. The van der Waals surface area contributed by atoms with Gasteiger partial charge in [0.25, 0.3) is 0 Å². The first kappa shape index (κ1) is 67.1. The normalized spacial score (nSPS) is 12.9. The molecule has 0 aromatic rings. The highest BCUT2D eigenvalue weighted by Crippen LogP contribution is 2.15. The molecule has 0 aliphatic rings. The largest absolute Gasteiger partial charge is 0.462 e. The van der Waals surface area contributed by atoms with Gasteiger partial charge in [-0.15, -0.1) is 0 Å². The second kappa shape index (κ2) is 58.6. The molecule has 0 spiro atoms. The molecule has 0 amide bonds. The van der Waals surface area contributed by atoms with Gasteiger partial charge in [0.05, 0.1) is 0 Å². The van der Waals surface area contributed by atoms with Crippen molar-refractivity contribution in [3.05, 3.63) is 109 Å². The number of esters is 3. The van der Waals surface area contributed by atoms with Crippen LogP contribution in [0.25, 0.3) is 0 Å². The van der Waals surface area contributed by atoms with Crippen molar-refractivity contribution in [2.75, 3.05) is 13.2 Å². The van der Waals surface area contributed by atoms with Crippen molar-refractivity contribution in [1.29, 1.82) is 0 Å². The topological polar surface area (TPSA) is 78.9 Å². The van der Waals surface area contributed by atoms with Crippen LogP contribution in [-0.4, -0.2) is 37.2 Å². The van der Waals surface area contributed by atoms with Crippen molar-refractivity contribution in [3.63, 3.8) is 0 Å². The van der Waals surface area contributed by atoms with Crippen molar-refractivity contribution < 1.29 is 28.6 Å². The summed E-state index contributed by atoms with van der Waals surface area (Å²) in [5.74, 6) is -0.959. The second-order valence-corrected chi connectivity index (χ2v) is 19.1. The van der Waals surface area contributed by atoms with E-state index in [4.69, 9.17) is 14.2 Å². The highest BCUT2D eigenvalue weighted by molar-refractivity contribution is 5.71. The molecule has 1 unspecified atom stereocenters. The number of hydrogen-bond acceptors (Lipinski definition) is 6. The minimum absolute atomic E-state index is 0.0999. The molecule has 0 heterocycles. The Bertz CT molecular complexity index is 1460. The molecular weight excluding hydrogens is 877 g/mol. The van der Waals surface area contributed by atoms with Crippen LogP contribution in [0.2, 0.25) is 0 Å². The van der Waals surface area contributed by atoms with E-state index in [1.54, 1.807) is 0 Å². The maximum atomic E-state index is 12.8. The van der Waals surface area contributed by atoms with Gasteiger partial charge in [0.15, 0.2) is 6.10 Å². The van der Waals surface area contributed by atoms with Gasteiger partial charge in [-0.3, -0.25) is 14.4 Å². The van der Waals surface area contributed by atoms with E-state index >= 15 is 0 Å². The van der Waals surface area contributed by atoms with Crippen molar-refractivity contribution in [2.45, 2.75) is 271 Å². The lowest BCUT2D eigenvalue weighted by molar-refractivity contribution is -0.167. The zero-order chi connectivity index (χ0) is 51.4. The van der Waals surface area contributed by atoms with Gasteiger partial charge in [-0.05, 0) is 96.3 Å². The van der Waals surface area contributed by atoms with Crippen molar-refractivity contribution >= 4 is 17.9 Å². The van der Waals surface area contributed by atoms with Gasteiger partial charge >= 0.3 is 17.9 Å². The lowest BCUT2D eigenvalue weighted by Gasteiger charge is -2.18. The number of carbonyl (C=O) groups is 3.